The molecule has 1 heterocycles. The van der Waals surface area contributed by atoms with Crippen molar-refractivity contribution < 1.29 is 14.6 Å². The number of nitrogens with zero attached hydrogens (tertiary/aromatic N) is 3. The van der Waals surface area contributed by atoms with Gasteiger partial charge >= 0.3 is 5.97 Å². The molecule has 2 aromatic rings. The highest BCUT2D eigenvalue weighted by Gasteiger charge is 2.12. The van der Waals surface area contributed by atoms with Gasteiger partial charge in [0.15, 0.2) is 0 Å². The van der Waals surface area contributed by atoms with Gasteiger partial charge in [-0.25, -0.2) is 4.79 Å². The Morgan fingerprint density at radius 2 is 2.24 bits per heavy atom. The first-order chi connectivity index (χ1) is 8.13. The fourth-order valence-corrected chi connectivity index (χ4v) is 1.55. The Morgan fingerprint density at radius 3 is 2.76 bits per heavy atom. The predicted molar refractivity (Wildman–Crippen MR) is 59.6 cm³/mol. The number of ether oxygens (including phenoxy) is 1. The molecule has 0 amide bonds. The van der Waals surface area contributed by atoms with E-state index >= 15 is 0 Å². The molecule has 2 rings (SSSR count). The summed E-state index contributed by atoms with van der Waals surface area (Å²) in [7, 11) is 1.44. The monoisotopic (exact) mass is 233 g/mol. The summed E-state index contributed by atoms with van der Waals surface area (Å²) in [6, 6.07) is 4.82. The van der Waals surface area contributed by atoms with Crippen LogP contribution in [0, 0.1) is 6.92 Å². The second-order valence-electron chi connectivity index (χ2n) is 3.44. The van der Waals surface area contributed by atoms with Crippen LogP contribution >= 0.6 is 0 Å². The minimum atomic E-state index is -1.02. The SMILES string of the molecule is COc1cc(-n2cnnc2C)ccc1C(=O)O. The van der Waals surface area contributed by atoms with Gasteiger partial charge in [-0.05, 0) is 19.1 Å². The molecule has 0 aliphatic heterocycles. The van der Waals surface area contributed by atoms with Crippen LogP contribution in [0.1, 0.15) is 16.2 Å². The summed E-state index contributed by atoms with van der Waals surface area (Å²) in [6.45, 7) is 1.81. The zero-order chi connectivity index (χ0) is 12.4. The van der Waals surface area contributed by atoms with Crippen LogP contribution in [-0.4, -0.2) is 33.0 Å². The van der Waals surface area contributed by atoms with Gasteiger partial charge in [-0.3, -0.25) is 4.57 Å². The minimum Gasteiger partial charge on any atom is -0.496 e. The van der Waals surface area contributed by atoms with E-state index in [2.05, 4.69) is 10.2 Å². The summed E-state index contributed by atoms with van der Waals surface area (Å²) in [5, 5.41) is 16.6. The molecule has 0 aliphatic rings. The van der Waals surface area contributed by atoms with Crippen molar-refractivity contribution >= 4 is 5.97 Å². The number of aromatic carboxylic acids is 1. The van der Waals surface area contributed by atoms with Crippen molar-refractivity contribution in [3.8, 4) is 11.4 Å². The third-order valence-electron chi connectivity index (χ3n) is 2.41. The lowest BCUT2D eigenvalue weighted by atomic mass is 10.2. The first kappa shape index (κ1) is 11.1. The van der Waals surface area contributed by atoms with Crippen molar-refractivity contribution in [2.24, 2.45) is 0 Å². The molecule has 17 heavy (non-hydrogen) atoms. The Kier molecular flexibility index (Phi) is 2.78. The van der Waals surface area contributed by atoms with E-state index < -0.39 is 5.97 Å². The highest BCUT2D eigenvalue weighted by atomic mass is 16.5. The maximum absolute atomic E-state index is 10.9. The Morgan fingerprint density at radius 1 is 1.47 bits per heavy atom. The Balaban J connectivity index is 2.52. The molecule has 1 N–H and O–H groups in total. The van der Waals surface area contributed by atoms with Gasteiger partial charge in [0, 0.05) is 6.07 Å². The molecule has 88 valence electrons. The fourth-order valence-electron chi connectivity index (χ4n) is 1.55. The molecular weight excluding hydrogens is 222 g/mol. The first-order valence-corrected chi connectivity index (χ1v) is 4.92. The van der Waals surface area contributed by atoms with Gasteiger partial charge in [-0.1, -0.05) is 0 Å². The molecule has 0 aliphatic carbocycles. The molecule has 1 aromatic carbocycles. The Labute approximate surface area is 97.5 Å². The second kappa shape index (κ2) is 4.25. The molecule has 0 saturated heterocycles. The zero-order valence-corrected chi connectivity index (χ0v) is 9.41. The number of carbonyl (C=O) groups is 1. The van der Waals surface area contributed by atoms with E-state index in [1.165, 1.54) is 13.2 Å². The average molecular weight is 233 g/mol. The molecule has 0 spiro atoms. The largest absolute Gasteiger partial charge is 0.496 e. The van der Waals surface area contributed by atoms with Gasteiger partial charge in [-0.2, -0.15) is 0 Å². The van der Waals surface area contributed by atoms with Crippen molar-refractivity contribution in [3.05, 3.63) is 35.9 Å². The Hall–Kier alpha value is -2.37. The smallest absolute Gasteiger partial charge is 0.339 e. The number of aromatic nitrogens is 3. The Bertz CT molecular complexity index is 563. The van der Waals surface area contributed by atoms with Gasteiger partial charge in [0.05, 0.1) is 12.8 Å². The quantitative estimate of drug-likeness (QED) is 0.864. The van der Waals surface area contributed by atoms with Crippen molar-refractivity contribution in [3.63, 3.8) is 0 Å². The minimum absolute atomic E-state index is 0.127. The standard InChI is InChI=1S/C11H11N3O3/c1-7-13-12-6-14(7)8-3-4-9(11(15)16)10(5-8)17-2/h3-6H,1-2H3,(H,15,16). The molecule has 6 heteroatoms. The molecule has 0 fully saturated rings. The van der Waals surface area contributed by atoms with Gasteiger partial charge in [0.25, 0.3) is 0 Å². The third-order valence-corrected chi connectivity index (χ3v) is 2.41. The van der Waals surface area contributed by atoms with Gasteiger partial charge in [0.2, 0.25) is 0 Å². The summed E-state index contributed by atoms with van der Waals surface area (Å²) in [5.41, 5.74) is 0.885. The van der Waals surface area contributed by atoms with E-state index in [1.54, 1.807) is 23.0 Å². The number of aryl methyl sites for hydroxylation is 1. The summed E-state index contributed by atoms with van der Waals surface area (Å²) in [5.74, 6) is 0.00658. The topological polar surface area (TPSA) is 77.2 Å². The fraction of sp³-hybridized carbons (Fsp3) is 0.182. The molecule has 6 nitrogen and oxygen atoms in total. The maximum Gasteiger partial charge on any atom is 0.339 e. The van der Waals surface area contributed by atoms with Crippen LogP contribution in [0.4, 0.5) is 0 Å². The van der Waals surface area contributed by atoms with Crippen LogP contribution in [0.3, 0.4) is 0 Å². The van der Waals surface area contributed by atoms with E-state index in [0.717, 1.165) is 11.5 Å². The lowest BCUT2D eigenvalue weighted by Crippen LogP contribution is -2.03. The molecule has 0 bridgehead atoms. The zero-order valence-electron chi connectivity index (χ0n) is 9.41. The van der Waals surface area contributed by atoms with Crippen LogP contribution in [-0.2, 0) is 0 Å². The number of hydrogen-bond donors (Lipinski definition) is 1. The molecule has 0 unspecified atom stereocenters. The van der Waals surface area contributed by atoms with Crippen LogP contribution in [0.2, 0.25) is 0 Å². The van der Waals surface area contributed by atoms with E-state index in [-0.39, 0.29) is 5.56 Å². The van der Waals surface area contributed by atoms with Crippen LogP contribution in [0.5, 0.6) is 5.75 Å². The normalized spacial score (nSPS) is 10.2. The molecule has 1 aromatic heterocycles. The van der Waals surface area contributed by atoms with Gasteiger partial charge in [0.1, 0.15) is 23.5 Å². The van der Waals surface area contributed by atoms with Crippen molar-refractivity contribution in [1.82, 2.24) is 14.8 Å². The van der Waals surface area contributed by atoms with Crippen molar-refractivity contribution in [1.29, 1.82) is 0 Å². The lowest BCUT2D eigenvalue weighted by molar-refractivity contribution is 0.0693. The summed E-state index contributed by atoms with van der Waals surface area (Å²) >= 11 is 0. The van der Waals surface area contributed by atoms with Crippen LogP contribution < -0.4 is 4.74 Å². The third kappa shape index (κ3) is 1.96. The summed E-state index contributed by atoms with van der Waals surface area (Å²) < 4.78 is 6.79. The summed E-state index contributed by atoms with van der Waals surface area (Å²) in [4.78, 5) is 10.9. The molecule has 0 radical (unpaired) electrons. The number of carboxylic acids is 1. The van der Waals surface area contributed by atoms with E-state index in [0.29, 0.717) is 5.75 Å². The van der Waals surface area contributed by atoms with Crippen molar-refractivity contribution in [2.45, 2.75) is 6.92 Å². The number of rotatable bonds is 3. The highest BCUT2D eigenvalue weighted by Crippen LogP contribution is 2.22. The summed E-state index contributed by atoms with van der Waals surface area (Å²) in [6.07, 6.45) is 1.56. The predicted octanol–water partition coefficient (Wildman–Crippen LogP) is 1.28. The highest BCUT2D eigenvalue weighted by molar-refractivity contribution is 5.91. The number of hydrogen-bond acceptors (Lipinski definition) is 4. The van der Waals surface area contributed by atoms with E-state index in [1.807, 2.05) is 6.92 Å². The first-order valence-electron chi connectivity index (χ1n) is 4.92. The average Bonchev–Trinajstić information content (AvgIpc) is 2.74. The lowest BCUT2D eigenvalue weighted by Gasteiger charge is -2.08. The van der Waals surface area contributed by atoms with Crippen LogP contribution in [0.25, 0.3) is 5.69 Å². The molecular formula is C11H11N3O3. The van der Waals surface area contributed by atoms with E-state index in [4.69, 9.17) is 9.84 Å². The molecule has 0 atom stereocenters. The van der Waals surface area contributed by atoms with E-state index in [9.17, 15) is 4.79 Å². The van der Waals surface area contributed by atoms with Gasteiger partial charge < -0.3 is 9.84 Å². The number of methoxy groups -OCH3 is 1. The number of benzene rings is 1. The van der Waals surface area contributed by atoms with Crippen LogP contribution in [0.15, 0.2) is 24.5 Å². The molecule has 0 saturated carbocycles. The number of carboxylic acid groups (broad SMARTS) is 1. The maximum atomic E-state index is 10.9. The van der Waals surface area contributed by atoms with Gasteiger partial charge in [-0.15, -0.1) is 10.2 Å². The van der Waals surface area contributed by atoms with Crippen molar-refractivity contribution in [2.75, 3.05) is 7.11 Å². The second-order valence-corrected chi connectivity index (χ2v) is 3.44.